The van der Waals surface area contributed by atoms with Crippen LogP contribution in [0.4, 0.5) is 0 Å². The number of hydrogen-bond acceptors (Lipinski definition) is 5. The summed E-state index contributed by atoms with van der Waals surface area (Å²) in [6, 6.07) is 14.6. The van der Waals surface area contributed by atoms with Crippen molar-refractivity contribution in [3.8, 4) is 22.8 Å². The molecule has 6 heteroatoms. The minimum atomic E-state index is 0.464. The fraction of sp³-hybridized carbons (Fsp3) is 0.333. The van der Waals surface area contributed by atoms with Crippen LogP contribution in [0, 0.1) is 6.92 Å². The van der Waals surface area contributed by atoms with Crippen molar-refractivity contribution in [3.63, 3.8) is 0 Å². The van der Waals surface area contributed by atoms with E-state index in [-0.39, 0.29) is 0 Å². The SMILES string of the molecule is Cc1ccccc1-c1noc(-c2ccc3c(c2)nnn3C2CCCCC2)n1. The molecular weight excluding hydrogens is 338 g/mol. The fourth-order valence-electron chi connectivity index (χ4n) is 3.94. The largest absolute Gasteiger partial charge is 0.334 e. The van der Waals surface area contributed by atoms with Crippen molar-refractivity contribution in [1.29, 1.82) is 0 Å². The second kappa shape index (κ2) is 6.61. The zero-order valence-electron chi connectivity index (χ0n) is 15.3. The molecule has 1 aliphatic carbocycles. The Labute approximate surface area is 157 Å². The van der Waals surface area contributed by atoms with Crippen molar-refractivity contribution in [3.05, 3.63) is 48.0 Å². The van der Waals surface area contributed by atoms with E-state index in [1.807, 2.05) is 43.3 Å². The van der Waals surface area contributed by atoms with Crippen LogP contribution in [-0.4, -0.2) is 25.1 Å². The zero-order valence-corrected chi connectivity index (χ0v) is 15.3. The number of rotatable bonds is 3. The van der Waals surface area contributed by atoms with E-state index in [4.69, 9.17) is 4.52 Å². The lowest BCUT2D eigenvalue weighted by atomic mass is 9.95. The number of nitrogens with zero attached hydrogens (tertiary/aromatic N) is 5. The third-order valence-corrected chi connectivity index (χ3v) is 5.45. The molecule has 5 rings (SSSR count). The van der Waals surface area contributed by atoms with Crippen molar-refractivity contribution in [2.24, 2.45) is 0 Å². The predicted octanol–water partition coefficient (Wildman–Crippen LogP) is 4.96. The van der Waals surface area contributed by atoms with E-state index in [2.05, 4.69) is 31.2 Å². The molecule has 1 aliphatic rings. The zero-order chi connectivity index (χ0) is 18.2. The van der Waals surface area contributed by atoms with Crippen LogP contribution in [0.3, 0.4) is 0 Å². The molecule has 0 N–H and O–H groups in total. The molecule has 27 heavy (non-hydrogen) atoms. The van der Waals surface area contributed by atoms with Gasteiger partial charge in [-0.2, -0.15) is 4.98 Å². The van der Waals surface area contributed by atoms with Crippen molar-refractivity contribution in [2.75, 3.05) is 0 Å². The number of fused-ring (bicyclic) bond motifs is 1. The van der Waals surface area contributed by atoms with E-state index in [1.54, 1.807) is 0 Å². The van der Waals surface area contributed by atoms with Gasteiger partial charge >= 0.3 is 0 Å². The first kappa shape index (κ1) is 16.2. The van der Waals surface area contributed by atoms with Gasteiger partial charge in [0.25, 0.3) is 5.89 Å². The summed E-state index contributed by atoms with van der Waals surface area (Å²) >= 11 is 0. The summed E-state index contributed by atoms with van der Waals surface area (Å²) in [4.78, 5) is 4.58. The lowest BCUT2D eigenvalue weighted by Gasteiger charge is -2.21. The van der Waals surface area contributed by atoms with Gasteiger partial charge in [0.2, 0.25) is 5.82 Å². The first-order valence-electron chi connectivity index (χ1n) is 9.54. The van der Waals surface area contributed by atoms with Gasteiger partial charge in [0, 0.05) is 11.1 Å². The van der Waals surface area contributed by atoms with Gasteiger partial charge < -0.3 is 4.52 Å². The van der Waals surface area contributed by atoms with Gasteiger partial charge in [-0.15, -0.1) is 5.10 Å². The molecule has 0 radical (unpaired) electrons. The molecule has 0 atom stereocenters. The second-order valence-electron chi connectivity index (χ2n) is 7.27. The van der Waals surface area contributed by atoms with Gasteiger partial charge in [-0.3, -0.25) is 0 Å². The second-order valence-corrected chi connectivity index (χ2v) is 7.27. The lowest BCUT2D eigenvalue weighted by Crippen LogP contribution is -2.14. The van der Waals surface area contributed by atoms with Crippen LogP contribution >= 0.6 is 0 Å². The fourth-order valence-corrected chi connectivity index (χ4v) is 3.94. The molecule has 2 heterocycles. The summed E-state index contributed by atoms with van der Waals surface area (Å²) in [5.74, 6) is 1.11. The Morgan fingerprint density at radius 3 is 2.74 bits per heavy atom. The molecule has 2 aromatic heterocycles. The Kier molecular flexibility index (Phi) is 3.96. The quantitative estimate of drug-likeness (QED) is 0.517. The van der Waals surface area contributed by atoms with Gasteiger partial charge in [0.15, 0.2) is 0 Å². The highest BCUT2D eigenvalue weighted by molar-refractivity contribution is 5.80. The van der Waals surface area contributed by atoms with E-state index in [0.717, 1.165) is 27.7 Å². The average molecular weight is 359 g/mol. The van der Waals surface area contributed by atoms with Gasteiger partial charge in [-0.1, -0.05) is 53.9 Å². The van der Waals surface area contributed by atoms with Crippen LogP contribution in [0.2, 0.25) is 0 Å². The van der Waals surface area contributed by atoms with Crippen molar-refractivity contribution >= 4 is 11.0 Å². The first-order valence-corrected chi connectivity index (χ1v) is 9.54. The Morgan fingerprint density at radius 2 is 1.89 bits per heavy atom. The maximum Gasteiger partial charge on any atom is 0.258 e. The van der Waals surface area contributed by atoms with Gasteiger partial charge in [0.05, 0.1) is 11.6 Å². The standard InChI is InChI=1S/C21H21N5O/c1-14-7-5-6-10-17(14)20-22-21(27-24-20)15-11-12-19-18(13-15)23-25-26(19)16-8-3-2-4-9-16/h5-7,10-13,16H,2-4,8-9H2,1H3. The minimum absolute atomic E-state index is 0.464. The molecule has 2 aromatic carbocycles. The Balaban J connectivity index is 1.48. The maximum atomic E-state index is 5.52. The summed E-state index contributed by atoms with van der Waals surface area (Å²) in [5.41, 5.74) is 4.91. The number of aromatic nitrogens is 5. The highest BCUT2D eigenvalue weighted by Crippen LogP contribution is 2.31. The summed E-state index contributed by atoms with van der Waals surface area (Å²) < 4.78 is 7.60. The normalized spacial score (nSPS) is 15.4. The van der Waals surface area contributed by atoms with Crippen LogP contribution in [0.25, 0.3) is 33.9 Å². The molecule has 0 aliphatic heterocycles. The van der Waals surface area contributed by atoms with E-state index in [9.17, 15) is 0 Å². The molecule has 4 aromatic rings. The van der Waals surface area contributed by atoms with Gasteiger partial charge in [0.1, 0.15) is 5.52 Å². The third-order valence-electron chi connectivity index (χ3n) is 5.45. The number of hydrogen-bond donors (Lipinski definition) is 0. The van der Waals surface area contributed by atoms with E-state index < -0.39 is 0 Å². The molecule has 0 spiro atoms. The average Bonchev–Trinajstić information content (AvgIpc) is 3.36. The van der Waals surface area contributed by atoms with Crippen LogP contribution < -0.4 is 0 Å². The van der Waals surface area contributed by atoms with Gasteiger partial charge in [-0.25, -0.2) is 4.68 Å². The monoisotopic (exact) mass is 359 g/mol. The molecule has 0 amide bonds. The smallest absolute Gasteiger partial charge is 0.258 e. The number of benzene rings is 2. The number of aryl methyl sites for hydroxylation is 1. The summed E-state index contributed by atoms with van der Waals surface area (Å²) in [7, 11) is 0. The summed E-state index contributed by atoms with van der Waals surface area (Å²) in [6.45, 7) is 2.04. The summed E-state index contributed by atoms with van der Waals surface area (Å²) in [5, 5.41) is 13.0. The Bertz CT molecular complexity index is 1090. The maximum absolute atomic E-state index is 5.52. The van der Waals surface area contributed by atoms with Crippen LogP contribution in [0.5, 0.6) is 0 Å². The van der Waals surface area contributed by atoms with E-state index in [1.165, 1.54) is 32.1 Å². The van der Waals surface area contributed by atoms with Crippen LogP contribution in [0.15, 0.2) is 47.0 Å². The molecule has 6 nitrogen and oxygen atoms in total. The van der Waals surface area contributed by atoms with Crippen LogP contribution in [0.1, 0.15) is 43.7 Å². The van der Waals surface area contributed by atoms with Crippen LogP contribution in [-0.2, 0) is 0 Å². The molecular formula is C21H21N5O. The topological polar surface area (TPSA) is 69.6 Å². The first-order chi connectivity index (χ1) is 13.3. The highest BCUT2D eigenvalue weighted by atomic mass is 16.5. The lowest BCUT2D eigenvalue weighted by molar-refractivity contribution is 0.331. The van der Waals surface area contributed by atoms with Crippen molar-refractivity contribution in [2.45, 2.75) is 45.1 Å². The van der Waals surface area contributed by atoms with Crippen molar-refractivity contribution in [1.82, 2.24) is 25.1 Å². The van der Waals surface area contributed by atoms with E-state index >= 15 is 0 Å². The summed E-state index contributed by atoms with van der Waals surface area (Å²) in [6.07, 6.45) is 6.24. The molecule has 0 bridgehead atoms. The molecule has 1 fully saturated rings. The third kappa shape index (κ3) is 2.91. The Morgan fingerprint density at radius 1 is 1.04 bits per heavy atom. The molecule has 0 unspecified atom stereocenters. The van der Waals surface area contributed by atoms with Gasteiger partial charge in [-0.05, 0) is 43.5 Å². The van der Waals surface area contributed by atoms with E-state index in [0.29, 0.717) is 17.8 Å². The minimum Gasteiger partial charge on any atom is -0.334 e. The molecule has 1 saturated carbocycles. The Hall–Kier alpha value is -3.02. The molecule has 136 valence electrons. The predicted molar refractivity (Wildman–Crippen MR) is 103 cm³/mol. The van der Waals surface area contributed by atoms with Crippen molar-refractivity contribution < 1.29 is 4.52 Å². The molecule has 0 saturated heterocycles. The highest BCUT2D eigenvalue weighted by Gasteiger charge is 2.19.